The van der Waals surface area contributed by atoms with Crippen molar-refractivity contribution in [2.45, 2.75) is 19.4 Å². The van der Waals surface area contributed by atoms with Gasteiger partial charge in [-0.15, -0.1) is 0 Å². The maximum Gasteiger partial charge on any atom is 0.274 e. The third-order valence-corrected chi connectivity index (χ3v) is 6.05. The van der Waals surface area contributed by atoms with Crippen LogP contribution >= 0.6 is 0 Å². The van der Waals surface area contributed by atoms with Gasteiger partial charge in [0, 0.05) is 26.1 Å². The molecule has 3 N–H and O–H groups in total. The minimum Gasteiger partial charge on any atom is -0.457 e. The van der Waals surface area contributed by atoms with Gasteiger partial charge in [-0.3, -0.25) is 23.7 Å². The number of ether oxygens (including phenoxy) is 1. The first-order valence-electron chi connectivity index (χ1n) is 10.7. The number of anilines is 1. The zero-order chi connectivity index (χ0) is 25.5. The number of aryl methyl sites for hydroxylation is 1. The molecule has 0 saturated carbocycles. The summed E-state index contributed by atoms with van der Waals surface area (Å²) >= 11 is -2.43. The number of amides is 2. The van der Waals surface area contributed by atoms with E-state index in [1.54, 1.807) is 68.1 Å². The van der Waals surface area contributed by atoms with Gasteiger partial charge >= 0.3 is 0 Å². The lowest BCUT2D eigenvalue weighted by Gasteiger charge is -2.31. The van der Waals surface area contributed by atoms with E-state index in [9.17, 15) is 18.4 Å². The predicted molar refractivity (Wildman–Crippen MR) is 133 cm³/mol. The van der Waals surface area contributed by atoms with Crippen LogP contribution in [0.4, 0.5) is 5.69 Å². The monoisotopic (exact) mass is 497 g/mol. The first-order chi connectivity index (χ1) is 16.7. The molecule has 9 nitrogen and oxygen atoms in total. The number of nitrogens with one attached hydrogen (secondary N) is 1. The van der Waals surface area contributed by atoms with Crippen LogP contribution in [0.15, 0.2) is 72.8 Å². The highest BCUT2D eigenvalue weighted by atomic mass is 32.2. The van der Waals surface area contributed by atoms with Gasteiger partial charge in [-0.25, -0.2) is 9.69 Å². The van der Waals surface area contributed by atoms with Gasteiger partial charge in [-0.2, -0.15) is 0 Å². The largest absolute Gasteiger partial charge is 0.457 e. The Kier molecular flexibility index (Phi) is 8.58. The van der Waals surface area contributed by atoms with Crippen molar-refractivity contribution in [2.75, 3.05) is 18.4 Å². The molecule has 0 fully saturated rings. The number of rotatable bonds is 9. The average molecular weight is 498 g/mol. The van der Waals surface area contributed by atoms with Crippen LogP contribution in [-0.4, -0.2) is 50.8 Å². The number of hydroxylamine groups is 1. The van der Waals surface area contributed by atoms with Crippen LogP contribution in [0.3, 0.4) is 0 Å². The molecule has 0 aromatic heterocycles. The SMILES string of the molecule is Cc1ccc(N(C(Cc2ccc(Oc3cccc(C(=O)NO)c3)cc2)C(=O)N(C)C)S(=O)O)cc1. The van der Waals surface area contributed by atoms with Crippen molar-refractivity contribution in [1.82, 2.24) is 10.4 Å². The minimum absolute atomic E-state index is 0.184. The summed E-state index contributed by atoms with van der Waals surface area (Å²) in [5.41, 5.74) is 4.02. The topological polar surface area (TPSA) is 119 Å². The molecule has 2 atom stereocenters. The van der Waals surface area contributed by atoms with Crippen LogP contribution in [0.1, 0.15) is 21.5 Å². The summed E-state index contributed by atoms with van der Waals surface area (Å²) < 4.78 is 29.4. The van der Waals surface area contributed by atoms with Crippen molar-refractivity contribution in [3.8, 4) is 11.5 Å². The van der Waals surface area contributed by atoms with E-state index < -0.39 is 23.2 Å². The molecule has 3 aromatic carbocycles. The number of hydrogen-bond donors (Lipinski definition) is 3. The van der Waals surface area contributed by atoms with Gasteiger partial charge in [0.25, 0.3) is 17.2 Å². The van der Waals surface area contributed by atoms with E-state index in [1.165, 1.54) is 21.3 Å². The molecular formula is C25H27N3O6S. The minimum atomic E-state index is -2.43. The van der Waals surface area contributed by atoms with Crippen molar-refractivity contribution in [3.63, 3.8) is 0 Å². The first-order valence-corrected chi connectivity index (χ1v) is 11.7. The number of hydrogen-bond acceptors (Lipinski definition) is 5. The number of carbonyl (C=O) groups excluding carboxylic acids is 2. The zero-order valence-electron chi connectivity index (χ0n) is 19.5. The van der Waals surface area contributed by atoms with Gasteiger partial charge in [0.2, 0.25) is 5.91 Å². The molecule has 2 amide bonds. The van der Waals surface area contributed by atoms with E-state index in [1.807, 2.05) is 19.1 Å². The fraction of sp³-hybridized carbons (Fsp3) is 0.200. The second-order valence-corrected chi connectivity index (χ2v) is 8.91. The lowest BCUT2D eigenvalue weighted by molar-refractivity contribution is -0.129. The highest BCUT2D eigenvalue weighted by Crippen LogP contribution is 2.26. The summed E-state index contributed by atoms with van der Waals surface area (Å²) in [6, 6.07) is 19.4. The highest BCUT2D eigenvalue weighted by Gasteiger charge is 2.31. The number of benzene rings is 3. The molecule has 0 spiro atoms. The van der Waals surface area contributed by atoms with Crippen molar-refractivity contribution in [2.24, 2.45) is 0 Å². The van der Waals surface area contributed by atoms with Gasteiger partial charge in [0.05, 0.1) is 5.69 Å². The van der Waals surface area contributed by atoms with Gasteiger partial charge in [-0.1, -0.05) is 35.9 Å². The van der Waals surface area contributed by atoms with Crippen LogP contribution in [0.25, 0.3) is 0 Å². The van der Waals surface area contributed by atoms with E-state index in [0.717, 1.165) is 11.1 Å². The smallest absolute Gasteiger partial charge is 0.274 e. The van der Waals surface area contributed by atoms with Crippen LogP contribution < -0.4 is 14.5 Å². The highest BCUT2D eigenvalue weighted by molar-refractivity contribution is 7.80. The molecule has 0 heterocycles. The summed E-state index contributed by atoms with van der Waals surface area (Å²) in [4.78, 5) is 26.0. The van der Waals surface area contributed by atoms with E-state index in [0.29, 0.717) is 17.2 Å². The number of nitrogens with zero attached hydrogens (tertiary/aromatic N) is 2. The lowest BCUT2D eigenvalue weighted by atomic mass is 10.0. The third kappa shape index (κ3) is 6.66. The molecule has 0 aliphatic heterocycles. The van der Waals surface area contributed by atoms with Crippen LogP contribution in [0.2, 0.25) is 0 Å². The maximum absolute atomic E-state index is 13.0. The van der Waals surface area contributed by atoms with Crippen LogP contribution in [-0.2, 0) is 22.5 Å². The Bertz CT molecular complexity index is 1200. The Balaban J connectivity index is 1.83. The summed E-state index contributed by atoms with van der Waals surface area (Å²) in [5, 5.41) is 8.80. The normalized spacial score (nSPS) is 12.4. The summed E-state index contributed by atoms with van der Waals surface area (Å²) in [6.45, 7) is 1.91. The second-order valence-electron chi connectivity index (χ2n) is 8.06. The van der Waals surface area contributed by atoms with E-state index in [-0.39, 0.29) is 17.9 Å². The molecule has 0 aliphatic carbocycles. The van der Waals surface area contributed by atoms with E-state index in [2.05, 4.69) is 0 Å². The third-order valence-electron chi connectivity index (χ3n) is 5.25. The van der Waals surface area contributed by atoms with E-state index >= 15 is 0 Å². The van der Waals surface area contributed by atoms with Gasteiger partial charge < -0.3 is 9.64 Å². The first kappa shape index (κ1) is 25.9. The van der Waals surface area contributed by atoms with Crippen LogP contribution in [0, 0.1) is 6.92 Å². The number of likely N-dealkylation sites (N-methyl/N-ethyl adjacent to an activating group) is 1. The molecule has 35 heavy (non-hydrogen) atoms. The molecule has 0 aliphatic rings. The molecule has 10 heteroatoms. The summed E-state index contributed by atoms with van der Waals surface area (Å²) in [7, 11) is 3.20. The molecule has 184 valence electrons. The fourth-order valence-electron chi connectivity index (χ4n) is 3.46. The number of carbonyl (C=O) groups is 2. The molecule has 0 radical (unpaired) electrons. The Labute approximate surface area is 206 Å². The molecular weight excluding hydrogens is 470 g/mol. The van der Waals surface area contributed by atoms with E-state index in [4.69, 9.17) is 9.94 Å². The van der Waals surface area contributed by atoms with Crippen molar-refractivity contribution < 1.29 is 28.3 Å². The Morgan fingerprint density at radius 1 is 1.00 bits per heavy atom. The van der Waals surface area contributed by atoms with Gasteiger partial charge in [-0.05, 0) is 55.0 Å². The average Bonchev–Trinajstić information content (AvgIpc) is 2.84. The quantitative estimate of drug-likeness (QED) is 0.236. The predicted octanol–water partition coefficient (Wildman–Crippen LogP) is 3.55. The van der Waals surface area contributed by atoms with Crippen molar-refractivity contribution in [3.05, 3.63) is 89.5 Å². The summed E-state index contributed by atoms with van der Waals surface area (Å²) in [5.74, 6) is -0.0678. The molecule has 0 bridgehead atoms. The molecule has 2 unspecified atom stereocenters. The molecule has 3 aromatic rings. The maximum atomic E-state index is 13.0. The van der Waals surface area contributed by atoms with Gasteiger partial charge in [0.1, 0.15) is 17.5 Å². The van der Waals surface area contributed by atoms with Crippen LogP contribution in [0.5, 0.6) is 11.5 Å². The standard InChI is InChI=1S/C25H27N3O6S/c1-17-7-11-20(12-8-17)28(35(32)33)23(25(30)27(2)3)15-18-9-13-21(14-10-18)34-22-6-4-5-19(16-22)24(29)26-31/h4-14,16,23,31H,15H2,1-3H3,(H,26,29)(H,32,33). The molecule has 0 saturated heterocycles. The zero-order valence-corrected chi connectivity index (χ0v) is 20.4. The summed E-state index contributed by atoms with van der Waals surface area (Å²) in [6.07, 6.45) is 0.184. The Morgan fingerprint density at radius 2 is 1.66 bits per heavy atom. The Hall–Kier alpha value is -3.73. The van der Waals surface area contributed by atoms with Crippen molar-refractivity contribution in [1.29, 1.82) is 0 Å². The van der Waals surface area contributed by atoms with Gasteiger partial charge in [0.15, 0.2) is 0 Å². The second kappa shape index (κ2) is 11.6. The fourth-order valence-corrected chi connectivity index (χ4v) is 4.14. The molecule has 3 rings (SSSR count). The lowest BCUT2D eigenvalue weighted by Crippen LogP contribution is -2.48. The van der Waals surface area contributed by atoms with Crippen molar-refractivity contribution >= 4 is 28.8 Å². The Morgan fingerprint density at radius 3 is 2.23 bits per heavy atom.